The van der Waals surface area contributed by atoms with E-state index in [-0.39, 0.29) is 41.4 Å². The zero-order valence-corrected chi connectivity index (χ0v) is 25.9. The molecular formula is C35H53NO5. The fourth-order valence-electron chi connectivity index (χ4n) is 11.2. The van der Waals surface area contributed by atoms with Gasteiger partial charge in [-0.3, -0.25) is 4.79 Å². The molecule has 4 fully saturated rings. The summed E-state index contributed by atoms with van der Waals surface area (Å²) in [6.07, 6.45) is 18.5. The number of hydrogen-bond donors (Lipinski definition) is 2. The Bertz CT molecular complexity index is 1130. The van der Waals surface area contributed by atoms with Gasteiger partial charge in [0.1, 0.15) is 0 Å². The lowest BCUT2D eigenvalue weighted by molar-refractivity contribution is -0.178. The molecule has 0 aromatic heterocycles. The third-order valence-electron chi connectivity index (χ3n) is 13.4. The van der Waals surface area contributed by atoms with E-state index in [4.69, 9.17) is 4.74 Å². The first-order chi connectivity index (χ1) is 19.5. The molecule has 6 heteroatoms. The van der Waals surface area contributed by atoms with Crippen molar-refractivity contribution in [1.29, 1.82) is 0 Å². The Kier molecular flexibility index (Phi) is 7.33. The van der Waals surface area contributed by atoms with E-state index >= 15 is 0 Å². The summed E-state index contributed by atoms with van der Waals surface area (Å²) in [5, 5.41) is 23.5. The van der Waals surface area contributed by atoms with Crippen LogP contribution in [0.1, 0.15) is 111 Å². The Hall–Kier alpha value is -1.66. The molecule has 2 bridgehead atoms. The first-order valence-electron chi connectivity index (χ1n) is 16.8. The van der Waals surface area contributed by atoms with Crippen LogP contribution >= 0.6 is 0 Å². The van der Waals surface area contributed by atoms with Gasteiger partial charge in [-0.25, -0.2) is 4.79 Å². The number of aliphatic hydroxyl groups is 2. The minimum absolute atomic E-state index is 0.0153. The number of carbonyl (C=O) groups is 2. The van der Waals surface area contributed by atoms with Gasteiger partial charge in [0, 0.05) is 34.3 Å². The van der Waals surface area contributed by atoms with E-state index in [0.29, 0.717) is 37.7 Å². The molecular weight excluding hydrogens is 514 g/mol. The highest BCUT2D eigenvalue weighted by Crippen LogP contribution is 2.78. The largest absolute Gasteiger partial charge is 0.450 e. The van der Waals surface area contributed by atoms with Gasteiger partial charge in [-0.2, -0.15) is 0 Å². The number of hydrogen-bond acceptors (Lipinski definition) is 5. The quantitative estimate of drug-likeness (QED) is 0.339. The highest BCUT2D eigenvalue weighted by molar-refractivity contribution is 6.00. The third kappa shape index (κ3) is 4.01. The fraction of sp³-hybridized carbons (Fsp3) is 0.829. The highest BCUT2D eigenvalue weighted by atomic mass is 16.6. The predicted octanol–water partition coefficient (Wildman–Crippen LogP) is 6.60. The second-order valence-corrected chi connectivity index (χ2v) is 15.1. The Morgan fingerprint density at radius 1 is 0.951 bits per heavy atom. The first kappa shape index (κ1) is 29.4. The predicted molar refractivity (Wildman–Crippen MR) is 159 cm³/mol. The molecule has 0 aromatic carbocycles. The summed E-state index contributed by atoms with van der Waals surface area (Å²) >= 11 is 0. The number of rotatable bonds is 7. The lowest BCUT2D eigenvalue weighted by Gasteiger charge is -2.71. The molecule has 2 N–H and O–H groups in total. The van der Waals surface area contributed by atoms with Gasteiger partial charge in [-0.1, -0.05) is 58.3 Å². The van der Waals surface area contributed by atoms with Crippen LogP contribution in [-0.2, 0) is 9.53 Å². The van der Waals surface area contributed by atoms with E-state index in [2.05, 4.69) is 39.0 Å². The van der Waals surface area contributed by atoms with Gasteiger partial charge < -0.3 is 19.8 Å². The first-order valence-corrected chi connectivity index (χ1v) is 16.8. The van der Waals surface area contributed by atoms with Crippen molar-refractivity contribution in [2.75, 3.05) is 19.7 Å². The normalized spacial score (nSPS) is 44.9. The zero-order valence-electron chi connectivity index (χ0n) is 25.9. The summed E-state index contributed by atoms with van der Waals surface area (Å²) in [5.74, 6) is 0.879. The van der Waals surface area contributed by atoms with Crippen LogP contribution in [0.4, 0.5) is 4.79 Å². The molecule has 2 spiro atoms. The van der Waals surface area contributed by atoms with Gasteiger partial charge in [-0.15, -0.1) is 0 Å². The van der Waals surface area contributed by atoms with Gasteiger partial charge in [0.25, 0.3) is 0 Å². The molecule has 8 atom stereocenters. The average Bonchev–Trinajstić information content (AvgIpc) is 3.23. The van der Waals surface area contributed by atoms with E-state index < -0.39 is 16.4 Å². The van der Waals surface area contributed by atoms with Crippen molar-refractivity contribution in [2.24, 2.45) is 39.4 Å². The van der Waals surface area contributed by atoms with Crippen LogP contribution in [0.25, 0.3) is 0 Å². The molecule has 0 aliphatic heterocycles. The smallest absolute Gasteiger partial charge is 0.409 e. The molecule has 0 radical (unpaired) electrons. The van der Waals surface area contributed by atoms with E-state index in [0.717, 1.165) is 69.8 Å². The summed E-state index contributed by atoms with van der Waals surface area (Å²) in [4.78, 5) is 29.3. The number of amides is 1. The second kappa shape index (κ2) is 10.2. The van der Waals surface area contributed by atoms with Crippen LogP contribution in [0.3, 0.4) is 0 Å². The molecule has 6 nitrogen and oxygen atoms in total. The second-order valence-electron chi connectivity index (χ2n) is 15.1. The minimum atomic E-state index is -1.04. The summed E-state index contributed by atoms with van der Waals surface area (Å²) in [7, 11) is 0. The summed E-state index contributed by atoms with van der Waals surface area (Å²) < 4.78 is 5.40. The number of ketones is 1. The van der Waals surface area contributed by atoms with Gasteiger partial charge in [0.2, 0.25) is 0 Å². The van der Waals surface area contributed by atoms with Crippen molar-refractivity contribution >= 4 is 11.9 Å². The van der Waals surface area contributed by atoms with Crippen LogP contribution in [0.5, 0.6) is 0 Å². The number of nitrogens with zero attached hydrogens (tertiary/aromatic N) is 1. The van der Waals surface area contributed by atoms with Crippen molar-refractivity contribution < 1.29 is 24.5 Å². The molecule has 7 rings (SSSR count). The monoisotopic (exact) mass is 567 g/mol. The maximum Gasteiger partial charge on any atom is 0.409 e. The van der Waals surface area contributed by atoms with E-state index in [1.54, 1.807) is 4.90 Å². The molecule has 0 aromatic rings. The highest BCUT2D eigenvalue weighted by Gasteiger charge is 2.74. The Labute approximate surface area is 247 Å². The number of fused-ring (bicyclic) bond motifs is 1. The number of ether oxygens (including phenoxy) is 1. The lowest BCUT2D eigenvalue weighted by atomic mass is 9.32. The molecule has 7 aliphatic rings. The molecule has 0 saturated heterocycles. The van der Waals surface area contributed by atoms with Crippen LogP contribution in [0.15, 0.2) is 23.8 Å². The Balaban J connectivity index is 1.43. The number of allylic oxidation sites excluding steroid dienone is 4. The standard InChI is InChI=1S/C35H53NO5/c1-5-20-36(30(39)41-6-2)23-34(40)17-14-28-32(34,4)16-13-27-31(3)15-12-25(37)21-33(31)18-19-35(27,28)26(22-33)29(38)24-10-8-7-9-11-24/h18-19,22,24-25,27-28,37,40H,5-17,20-21,23H2,1-4H3. The average molecular weight is 568 g/mol. The van der Waals surface area contributed by atoms with Crippen LogP contribution < -0.4 is 0 Å². The molecule has 1 amide bonds. The molecule has 4 saturated carbocycles. The molecule has 7 aliphatic carbocycles. The molecule has 8 unspecified atom stereocenters. The van der Waals surface area contributed by atoms with Gasteiger partial charge in [0.05, 0.1) is 24.9 Å². The van der Waals surface area contributed by atoms with Crippen molar-refractivity contribution in [2.45, 2.75) is 123 Å². The zero-order chi connectivity index (χ0) is 29.3. The topological polar surface area (TPSA) is 87.1 Å². The van der Waals surface area contributed by atoms with Crippen molar-refractivity contribution in [3.05, 3.63) is 23.8 Å². The molecule has 0 heterocycles. The maximum atomic E-state index is 14.6. The van der Waals surface area contributed by atoms with Crippen LogP contribution in [-0.4, -0.2) is 58.4 Å². The summed E-state index contributed by atoms with van der Waals surface area (Å²) in [6, 6.07) is 0. The number of Topliss-reactive ketones (excluding diaryl/α,β-unsaturated/α-hetero) is 1. The van der Waals surface area contributed by atoms with Crippen LogP contribution in [0, 0.1) is 39.4 Å². The van der Waals surface area contributed by atoms with Crippen molar-refractivity contribution in [3.63, 3.8) is 0 Å². The van der Waals surface area contributed by atoms with Crippen molar-refractivity contribution in [3.8, 4) is 0 Å². The van der Waals surface area contributed by atoms with Crippen LogP contribution in [0.2, 0.25) is 0 Å². The number of carbonyl (C=O) groups excluding carboxylic acids is 2. The minimum Gasteiger partial charge on any atom is -0.450 e. The Morgan fingerprint density at radius 3 is 2.34 bits per heavy atom. The molecule has 41 heavy (non-hydrogen) atoms. The SMILES string of the molecule is CCCN(CC1(O)CCC2C34C=CC5(C=C3C(=O)C3CCCCC3)CC(O)CCC5(C)C4CCC21C)C(=O)OCC. The van der Waals surface area contributed by atoms with Gasteiger partial charge in [0.15, 0.2) is 5.78 Å². The summed E-state index contributed by atoms with van der Waals surface area (Å²) in [6.45, 7) is 9.73. The van der Waals surface area contributed by atoms with E-state index in [1.807, 2.05) is 6.92 Å². The summed E-state index contributed by atoms with van der Waals surface area (Å²) in [5.41, 5.74) is -1.15. The maximum absolute atomic E-state index is 14.6. The number of aliphatic hydroxyl groups excluding tert-OH is 1. The van der Waals surface area contributed by atoms with E-state index in [9.17, 15) is 19.8 Å². The molecule has 228 valence electrons. The fourth-order valence-corrected chi connectivity index (χ4v) is 11.2. The lowest BCUT2D eigenvalue weighted by Crippen LogP contribution is -2.67. The van der Waals surface area contributed by atoms with Crippen molar-refractivity contribution in [1.82, 2.24) is 4.90 Å². The Morgan fingerprint density at radius 2 is 1.63 bits per heavy atom. The van der Waals surface area contributed by atoms with Gasteiger partial charge in [-0.05, 0) is 88.4 Å². The third-order valence-corrected chi connectivity index (χ3v) is 13.4. The van der Waals surface area contributed by atoms with E-state index in [1.165, 1.54) is 6.42 Å². The van der Waals surface area contributed by atoms with Gasteiger partial charge >= 0.3 is 6.09 Å².